The fourth-order valence-corrected chi connectivity index (χ4v) is 3.57. The van der Waals surface area contributed by atoms with E-state index in [1.807, 2.05) is 73.5 Å². The van der Waals surface area contributed by atoms with Crippen molar-refractivity contribution < 1.29 is 9.53 Å². The van der Waals surface area contributed by atoms with Gasteiger partial charge in [-0.25, -0.2) is 0 Å². The molecular formula is C22H26N4O2S. The van der Waals surface area contributed by atoms with Gasteiger partial charge in [-0.05, 0) is 44.0 Å². The Morgan fingerprint density at radius 3 is 2.59 bits per heavy atom. The highest BCUT2D eigenvalue weighted by Crippen LogP contribution is 2.20. The number of benzene rings is 2. The number of para-hydroxylation sites is 2. The summed E-state index contributed by atoms with van der Waals surface area (Å²) in [6.07, 6.45) is 0.865. The zero-order valence-electron chi connectivity index (χ0n) is 17.0. The van der Waals surface area contributed by atoms with Crippen molar-refractivity contribution in [1.82, 2.24) is 5.01 Å². The maximum absolute atomic E-state index is 12.4. The number of hydrogen-bond donors (Lipinski definition) is 1. The molecule has 6 nitrogen and oxygen atoms in total. The molecule has 1 atom stereocenters. The fourth-order valence-electron chi connectivity index (χ4n) is 2.92. The molecule has 0 saturated carbocycles. The number of aryl methyl sites for hydroxylation is 1. The van der Waals surface area contributed by atoms with Crippen molar-refractivity contribution >= 4 is 34.4 Å². The smallest absolute Gasteiger partial charge is 0.234 e. The second-order valence-corrected chi connectivity index (χ2v) is 7.47. The van der Waals surface area contributed by atoms with Gasteiger partial charge in [0.2, 0.25) is 17.0 Å². The molecule has 29 heavy (non-hydrogen) atoms. The third kappa shape index (κ3) is 5.60. The van der Waals surface area contributed by atoms with Crippen LogP contribution in [-0.2, 0) is 11.2 Å². The molecule has 0 aliphatic carbocycles. The maximum Gasteiger partial charge on any atom is 0.234 e. The Kier molecular flexibility index (Phi) is 7.30. The predicted molar refractivity (Wildman–Crippen MR) is 121 cm³/mol. The molecule has 1 aliphatic rings. The van der Waals surface area contributed by atoms with Crippen LogP contribution in [0.1, 0.15) is 26.3 Å². The van der Waals surface area contributed by atoms with Crippen molar-refractivity contribution in [3.63, 3.8) is 0 Å². The highest BCUT2D eigenvalue weighted by atomic mass is 32.2. The van der Waals surface area contributed by atoms with Crippen molar-refractivity contribution in [3.8, 4) is 5.75 Å². The lowest BCUT2D eigenvalue weighted by molar-refractivity contribution is -0.113. The summed E-state index contributed by atoms with van der Waals surface area (Å²) < 4.78 is 5.98. The number of amides is 1. The normalized spacial score (nSPS) is 16.1. The number of aliphatic imine (C=N–C) groups is 1. The van der Waals surface area contributed by atoms with E-state index in [-0.39, 0.29) is 17.7 Å². The van der Waals surface area contributed by atoms with Gasteiger partial charge < -0.3 is 10.1 Å². The maximum atomic E-state index is 12.4. The minimum atomic E-state index is -0.0824. The summed E-state index contributed by atoms with van der Waals surface area (Å²) in [5, 5.41) is 9.97. The van der Waals surface area contributed by atoms with Crippen LogP contribution in [-0.4, -0.2) is 40.3 Å². The third-order valence-corrected chi connectivity index (χ3v) is 5.36. The van der Waals surface area contributed by atoms with Crippen LogP contribution in [0.5, 0.6) is 5.75 Å². The average molecular weight is 411 g/mol. The molecule has 1 N–H and O–H groups in total. The first-order chi connectivity index (χ1) is 14.1. The predicted octanol–water partition coefficient (Wildman–Crippen LogP) is 4.39. The molecule has 1 amide bonds. The lowest BCUT2D eigenvalue weighted by atomic mass is 10.1. The highest BCUT2D eigenvalue weighted by molar-refractivity contribution is 8.14. The van der Waals surface area contributed by atoms with Crippen molar-refractivity contribution in [2.45, 2.75) is 33.2 Å². The lowest BCUT2D eigenvalue weighted by Gasteiger charge is -2.29. The topological polar surface area (TPSA) is 66.3 Å². The first kappa shape index (κ1) is 20.9. The van der Waals surface area contributed by atoms with E-state index in [0.717, 1.165) is 30.0 Å². The molecule has 2 aromatic carbocycles. The highest BCUT2D eigenvalue weighted by Gasteiger charge is 2.25. The molecule has 152 valence electrons. The van der Waals surface area contributed by atoms with E-state index < -0.39 is 0 Å². The Hall–Kier alpha value is -2.80. The van der Waals surface area contributed by atoms with E-state index in [4.69, 9.17) is 4.74 Å². The minimum absolute atomic E-state index is 0.0742. The monoisotopic (exact) mass is 410 g/mol. The van der Waals surface area contributed by atoms with Crippen molar-refractivity contribution in [2.24, 2.45) is 10.1 Å². The molecule has 0 spiro atoms. The van der Waals surface area contributed by atoms with Crippen molar-refractivity contribution in [2.75, 3.05) is 17.6 Å². The number of hydrogen-bond acceptors (Lipinski definition) is 6. The quantitative estimate of drug-likeness (QED) is 0.767. The number of nitrogens with one attached hydrogen (secondary N) is 1. The van der Waals surface area contributed by atoms with Gasteiger partial charge in [-0.3, -0.25) is 9.80 Å². The number of hydrazone groups is 1. The van der Waals surface area contributed by atoms with Crippen LogP contribution in [0.4, 0.5) is 5.69 Å². The number of nitrogens with zero attached hydrogens (tertiary/aromatic N) is 3. The molecule has 1 heterocycles. The number of amidine groups is 1. The summed E-state index contributed by atoms with van der Waals surface area (Å²) in [5.41, 5.74) is 1.97. The second-order valence-electron chi connectivity index (χ2n) is 6.53. The van der Waals surface area contributed by atoms with Crippen LogP contribution >= 0.6 is 11.8 Å². The lowest BCUT2D eigenvalue weighted by Crippen LogP contribution is -2.41. The van der Waals surface area contributed by atoms with Crippen LogP contribution in [0.3, 0.4) is 0 Å². The average Bonchev–Trinajstić information content (AvgIpc) is 2.75. The van der Waals surface area contributed by atoms with E-state index in [1.54, 1.807) is 0 Å². The molecule has 1 aliphatic heterocycles. The molecule has 0 fully saturated rings. The van der Waals surface area contributed by atoms with Gasteiger partial charge in [-0.15, -0.1) is 5.10 Å². The SMILES string of the molecule is CCc1ccccc1NC(=O)CSC1=NN(CC)[C@@H](C)C(Oc2ccccc2)=N1. The fraction of sp³-hybridized carbons (Fsp3) is 0.318. The van der Waals surface area contributed by atoms with Gasteiger partial charge in [0.15, 0.2) is 0 Å². The van der Waals surface area contributed by atoms with Gasteiger partial charge in [0.05, 0.1) is 5.75 Å². The summed E-state index contributed by atoms with van der Waals surface area (Å²) in [5.74, 6) is 1.45. The van der Waals surface area contributed by atoms with E-state index >= 15 is 0 Å². The molecule has 3 rings (SSSR count). The number of carbonyl (C=O) groups excluding carboxylic acids is 1. The Balaban J connectivity index is 1.66. The Labute approximate surface area is 176 Å². The number of anilines is 1. The van der Waals surface area contributed by atoms with Crippen LogP contribution in [0.2, 0.25) is 0 Å². The number of likely N-dealkylation sites (N-methyl/N-ethyl adjacent to an activating group) is 1. The third-order valence-electron chi connectivity index (χ3n) is 4.52. The summed E-state index contributed by atoms with van der Waals surface area (Å²) in [6, 6.07) is 17.3. The zero-order chi connectivity index (χ0) is 20.6. The van der Waals surface area contributed by atoms with Gasteiger partial charge >= 0.3 is 0 Å². The first-order valence-electron chi connectivity index (χ1n) is 9.78. The number of ether oxygens (including phenoxy) is 1. The molecule has 0 aromatic heterocycles. The van der Waals surface area contributed by atoms with E-state index in [0.29, 0.717) is 11.1 Å². The summed E-state index contributed by atoms with van der Waals surface area (Å²) in [4.78, 5) is 17.0. The van der Waals surface area contributed by atoms with Crippen molar-refractivity contribution in [3.05, 3.63) is 60.2 Å². The van der Waals surface area contributed by atoms with Gasteiger partial charge in [0, 0.05) is 12.2 Å². The first-order valence-corrected chi connectivity index (χ1v) is 10.8. The zero-order valence-corrected chi connectivity index (χ0v) is 17.8. The van der Waals surface area contributed by atoms with E-state index in [2.05, 4.69) is 22.3 Å². The number of thioether (sulfide) groups is 1. The van der Waals surface area contributed by atoms with Gasteiger partial charge in [-0.1, -0.05) is 55.1 Å². The Bertz CT molecular complexity index is 899. The number of rotatable bonds is 6. The van der Waals surface area contributed by atoms with Gasteiger partial charge in [0.1, 0.15) is 11.8 Å². The molecule has 2 aromatic rings. The van der Waals surface area contributed by atoms with E-state index in [9.17, 15) is 4.79 Å². The van der Waals surface area contributed by atoms with Gasteiger partial charge in [-0.2, -0.15) is 4.99 Å². The molecule has 0 radical (unpaired) electrons. The standard InChI is InChI=1S/C22H26N4O2S/c1-4-17-11-9-10-14-19(17)23-20(27)15-29-22-24-21(16(3)26(5-2)25-22)28-18-12-7-6-8-13-18/h6-14,16H,4-5,15H2,1-3H3,(H,23,27)/t16-/m0/s1. The summed E-state index contributed by atoms with van der Waals surface area (Å²) >= 11 is 1.30. The molecular weight excluding hydrogens is 384 g/mol. The Morgan fingerprint density at radius 2 is 1.86 bits per heavy atom. The summed E-state index contributed by atoms with van der Waals surface area (Å²) in [6.45, 7) is 6.82. The number of carbonyl (C=O) groups is 1. The molecule has 0 unspecified atom stereocenters. The second kappa shape index (κ2) is 10.1. The van der Waals surface area contributed by atoms with Crippen LogP contribution in [0, 0.1) is 0 Å². The molecule has 0 bridgehead atoms. The van der Waals surface area contributed by atoms with Crippen LogP contribution in [0.25, 0.3) is 0 Å². The van der Waals surface area contributed by atoms with Crippen LogP contribution < -0.4 is 10.1 Å². The molecule has 7 heteroatoms. The summed E-state index contributed by atoms with van der Waals surface area (Å²) in [7, 11) is 0. The van der Waals surface area contributed by atoms with Crippen LogP contribution in [0.15, 0.2) is 64.7 Å². The minimum Gasteiger partial charge on any atom is -0.441 e. The van der Waals surface area contributed by atoms with Crippen molar-refractivity contribution in [1.29, 1.82) is 0 Å². The largest absolute Gasteiger partial charge is 0.441 e. The Morgan fingerprint density at radius 1 is 1.14 bits per heavy atom. The van der Waals surface area contributed by atoms with Gasteiger partial charge in [0.25, 0.3) is 0 Å². The molecule has 0 saturated heterocycles. The van der Waals surface area contributed by atoms with E-state index in [1.165, 1.54) is 11.8 Å².